The van der Waals surface area contributed by atoms with Gasteiger partial charge in [0.05, 0.1) is 12.6 Å². The van der Waals surface area contributed by atoms with Crippen molar-refractivity contribution in [2.75, 3.05) is 19.0 Å². The van der Waals surface area contributed by atoms with E-state index in [-0.39, 0.29) is 34.2 Å². The number of benzene rings is 1. The van der Waals surface area contributed by atoms with Crippen LogP contribution in [0.2, 0.25) is 0 Å². The topological polar surface area (TPSA) is 87.0 Å². The largest absolute Gasteiger partial charge is 0.390 e. The highest BCUT2D eigenvalue weighted by atomic mass is 19.3. The molecule has 0 unspecified atom stereocenters. The fourth-order valence-electron chi connectivity index (χ4n) is 3.62. The maximum absolute atomic E-state index is 13.6. The lowest BCUT2D eigenvalue weighted by molar-refractivity contribution is 0.0174. The fourth-order valence-corrected chi connectivity index (χ4v) is 3.62. The van der Waals surface area contributed by atoms with E-state index in [1.54, 1.807) is 35.8 Å². The molecule has 1 atom stereocenters. The number of anilines is 1. The van der Waals surface area contributed by atoms with Crippen molar-refractivity contribution in [2.45, 2.75) is 38.3 Å². The molecule has 154 valence electrons. The minimum absolute atomic E-state index is 0.0540. The Labute approximate surface area is 166 Å². The highest BCUT2D eigenvalue weighted by Gasteiger charge is 2.37. The molecule has 1 aliphatic rings. The molecular weight excluding hydrogens is 380 g/mol. The summed E-state index contributed by atoms with van der Waals surface area (Å²) < 4.78 is 28.9. The molecule has 2 N–H and O–H groups in total. The number of nitrogens with zero attached hydrogens (tertiary/aromatic N) is 4. The minimum atomic E-state index is -2.91. The fraction of sp³-hybridized carbons (Fsp3) is 0.450. The number of fused-ring (bicyclic) bond motifs is 1. The Morgan fingerprint density at radius 3 is 2.48 bits per heavy atom. The first-order valence-electron chi connectivity index (χ1n) is 9.48. The van der Waals surface area contributed by atoms with Crippen molar-refractivity contribution >= 4 is 17.0 Å². The van der Waals surface area contributed by atoms with Crippen LogP contribution >= 0.6 is 0 Å². The molecular formula is C20H23F2N5O2. The highest BCUT2D eigenvalue weighted by molar-refractivity contribution is 5.78. The van der Waals surface area contributed by atoms with Gasteiger partial charge < -0.3 is 10.0 Å². The zero-order valence-corrected chi connectivity index (χ0v) is 16.5. The van der Waals surface area contributed by atoms with Crippen LogP contribution in [0.5, 0.6) is 0 Å². The van der Waals surface area contributed by atoms with Gasteiger partial charge in [0.25, 0.3) is 11.5 Å². The smallest absolute Gasteiger partial charge is 0.270 e. The van der Waals surface area contributed by atoms with Crippen molar-refractivity contribution in [1.82, 2.24) is 19.7 Å². The van der Waals surface area contributed by atoms with Gasteiger partial charge in [-0.15, -0.1) is 0 Å². The lowest BCUT2D eigenvalue weighted by Gasteiger charge is -2.20. The summed E-state index contributed by atoms with van der Waals surface area (Å²) in [5.74, 6) is -2.27. The van der Waals surface area contributed by atoms with E-state index in [1.165, 1.54) is 12.1 Å². The van der Waals surface area contributed by atoms with Crippen molar-refractivity contribution in [2.24, 2.45) is 5.92 Å². The number of rotatable bonds is 6. The van der Waals surface area contributed by atoms with E-state index in [1.807, 2.05) is 0 Å². The molecule has 9 heteroatoms. The van der Waals surface area contributed by atoms with Crippen LogP contribution in [0.1, 0.15) is 42.6 Å². The molecule has 1 aliphatic carbocycles. The van der Waals surface area contributed by atoms with E-state index in [0.717, 1.165) is 25.3 Å². The van der Waals surface area contributed by atoms with Crippen LogP contribution < -0.4 is 10.5 Å². The van der Waals surface area contributed by atoms with Crippen molar-refractivity contribution in [1.29, 1.82) is 0 Å². The summed E-state index contributed by atoms with van der Waals surface area (Å²) in [4.78, 5) is 21.6. The van der Waals surface area contributed by atoms with Gasteiger partial charge in [-0.25, -0.2) is 13.5 Å². The number of aromatic amines is 1. The number of alkyl halides is 2. The summed E-state index contributed by atoms with van der Waals surface area (Å²) in [5.41, 5.74) is 1.03. The zero-order valence-electron chi connectivity index (χ0n) is 16.5. The number of aromatic nitrogens is 4. The Bertz CT molecular complexity index is 1090. The average molecular weight is 403 g/mol. The molecule has 0 aliphatic heterocycles. The third kappa shape index (κ3) is 3.50. The predicted molar refractivity (Wildman–Crippen MR) is 105 cm³/mol. The van der Waals surface area contributed by atoms with Crippen molar-refractivity contribution in [3.8, 4) is 0 Å². The lowest BCUT2D eigenvalue weighted by atomic mass is 9.99. The van der Waals surface area contributed by atoms with Gasteiger partial charge in [-0.2, -0.15) is 10.1 Å². The van der Waals surface area contributed by atoms with Gasteiger partial charge in [0, 0.05) is 26.6 Å². The van der Waals surface area contributed by atoms with Crippen molar-refractivity contribution in [3.63, 3.8) is 0 Å². The molecule has 0 bridgehead atoms. The van der Waals surface area contributed by atoms with Gasteiger partial charge in [-0.05, 0) is 24.3 Å². The molecule has 1 aromatic carbocycles. The summed E-state index contributed by atoms with van der Waals surface area (Å²) in [7, 11) is 3.53. The van der Waals surface area contributed by atoms with Gasteiger partial charge >= 0.3 is 0 Å². The van der Waals surface area contributed by atoms with Crippen LogP contribution in [0.4, 0.5) is 14.7 Å². The Hall–Kier alpha value is -2.81. The maximum atomic E-state index is 13.6. The number of H-pyrrole nitrogens is 1. The summed E-state index contributed by atoms with van der Waals surface area (Å²) >= 11 is 0. The lowest BCUT2D eigenvalue weighted by Crippen LogP contribution is -2.21. The first-order chi connectivity index (χ1) is 13.7. The second-order valence-corrected chi connectivity index (χ2v) is 7.82. The van der Waals surface area contributed by atoms with Crippen LogP contribution in [-0.4, -0.2) is 39.0 Å². The van der Waals surface area contributed by atoms with E-state index in [4.69, 9.17) is 0 Å². The average Bonchev–Trinajstić information content (AvgIpc) is 3.42. The second-order valence-electron chi connectivity index (χ2n) is 7.82. The highest BCUT2D eigenvalue weighted by Crippen LogP contribution is 2.44. The molecule has 1 fully saturated rings. The summed E-state index contributed by atoms with van der Waals surface area (Å²) in [5, 5.41) is 14.5. The molecule has 1 saturated carbocycles. The third-order valence-corrected chi connectivity index (χ3v) is 5.29. The normalized spacial score (nSPS) is 15.7. The molecule has 3 aromatic rings. The van der Waals surface area contributed by atoms with Crippen LogP contribution in [-0.2, 0) is 12.5 Å². The second kappa shape index (κ2) is 6.91. The maximum Gasteiger partial charge on any atom is 0.270 e. The number of hydrogen-bond donors (Lipinski definition) is 2. The predicted octanol–water partition coefficient (Wildman–Crippen LogP) is 2.79. The van der Waals surface area contributed by atoms with Gasteiger partial charge in [-0.1, -0.05) is 24.3 Å². The van der Waals surface area contributed by atoms with E-state index in [0.29, 0.717) is 11.6 Å². The first-order valence-corrected chi connectivity index (χ1v) is 9.48. The van der Waals surface area contributed by atoms with E-state index < -0.39 is 12.5 Å². The summed E-state index contributed by atoms with van der Waals surface area (Å²) in [6, 6.07) is 5.97. The van der Waals surface area contributed by atoms with Gasteiger partial charge in [0.15, 0.2) is 5.65 Å². The summed E-state index contributed by atoms with van der Waals surface area (Å²) in [6.45, 7) is 0.474. The monoisotopic (exact) mass is 403 g/mol. The van der Waals surface area contributed by atoms with Crippen molar-refractivity contribution < 1.29 is 13.9 Å². The third-order valence-electron chi connectivity index (χ3n) is 5.29. The molecule has 7 nitrogen and oxygen atoms in total. The van der Waals surface area contributed by atoms with Crippen molar-refractivity contribution in [3.05, 3.63) is 51.4 Å². The van der Waals surface area contributed by atoms with E-state index >= 15 is 0 Å². The van der Waals surface area contributed by atoms with Crippen LogP contribution in [0.25, 0.3) is 11.0 Å². The first kappa shape index (κ1) is 19.5. The molecule has 0 saturated heterocycles. The minimum Gasteiger partial charge on any atom is -0.390 e. The number of halogens is 2. The standard InChI is InChI=1S/C20H23F2N5O2/c1-20(21,22)13-8-6-12(7-9-13)16(11-4-5-11)27-17-15(14(10-28)25-27)18(29)24-19(23-17)26(2)3/h6-9,11,16,28H,4-5,10H2,1-3H3,(H,23,24,29)/t16-/m0/s1. The van der Waals surface area contributed by atoms with Crippen LogP contribution in [0.3, 0.4) is 0 Å². The SMILES string of the molecule is CN(C)c1nc2c(c(CO)nn2[C@H](c2ccc(C(C)(F)F)cc2)C2CC2)c(=O)[nH]1. The molecule has 0 amide bonds. The van der Waals surface area contributed by atoms with E-state index in [9.17, 15) is 18.7 Å². The zero-order chi connectivity index (χ0) is 20.9. The van der Waals surface area contributed by atoms with Crippen LogP contribution in [0, 0.1) is 5.92 Å². The quantitative estimate of drug-likeness (QED) is 0.661. The molecule has 29 heavy (non-hydrogen) atoms. The molecule has 0 spiro atoms. The Morgan fingerprint density at radius 2 is 1.97 bits per heavy atom. The van der Waals surface area contributed by atoms with Crippen LogP contribution in [0.15, 0.2) is 29.1 Å². The molecule has 2 aromatic heterocycles. The number of aliphatic hydroxyl groups is 1. The molecule has 0 radical (unpaired) electrons. The molecule has 2 heterocycles. The Kier molecular flexibility index (Phi) is 4.65. The Balaban J connectivity index is 1.89. The summed E-state index contributed by atoms with van der Waals surface area (Å²) in [6.07, 6.45) is 1.94. The van der Waals surface area contributed by atoms with Gasteiger partial charge in [-0.3, -0.25) is 9.78 Å². The van der Waals surface area contributed by atoms with Gasteiger partial charge in [0.2, 0.25) is 5.95 Å². The number of nitrogens with one attached hydrogen (secondary N) is 1. The number of hydrogen-bond acceptors (Lipinski definition) is 5. The number of aliphatic hydroxyl groups excluding tert-OH is 1. The van der Waals surface area contributed by atoms with E-state index in [2.05, 4.69) is 15.1 Å². The molecule has 4 rings (SSSR count). The Morgan fingerprint density at radius 1 is 1.31 bits per heavy atom. The van der Waals surface area contributed by atoms with Gasteiger partial charge in [0.1, 0.15) is 11.1 Å².